The number of piperidine rings is 1. The van der Waals surface area contributed by atoms with Gasteiger partial charge in [-0.3, -0.25) is 0 Å². The van der Waals surface area contributed by atoms with Crippen LogP contribution >= 0.6 is 11.5 Å². The van der Waals surface area contributed by atoms with Crippen molar-refractivity contribution in [3.8, 4) is 5.88 Å². The lowest BCUT2D eigenvalue weighted by Crippen LogP contribution is -2.39. The molecule has 0 saturated carbocycles. The first-order valence-corrected chi connectivity index (χ1v) is 5.43. The summed E-state index contributed by atoms with van der Waals surface area (Å²) in [4.78, 5) is 0.668. The number of methoxy groups -OCH3 is 1. The summed E-state index contributed by atoms with van der Waals surface area (Å²) in [5.41, 5.74) is -1.24. The highest BCUT2D eigenvalue weighted by Crippen LogP contribution is 2.36. The Morgan fingerprint density at radius 2 is 2.57 bits per heavy atom. The minimum Gasteiger partial charge on any atom is -0.480 e. The van der Waals surface area contributed by atoms with Crippen LogP contribution in [0.4, 0.5) is 4.39 Å². The summed E-state index contributed by atoms with van der Waals surface area (Å²) in [6, 6.07) is 1.69. The van der Waals surface area contributed by atoms with Gasteiger partial charge in [-0.05, 0) is 30.9 Å². The van der Waals surface area contributed by atoms with Crippen LogP contribution in [0.1, 0.15) is 17.7 Å². The molecule has 0 amide bonds. The predicted molar refractivity (Wildman–Crippen MR) is 53.6 cm³/mol. The topological polar surface area (TPSA) is 34.1 Å². The number of alkyl halides is 1. The van der Waals surface area contributed by atoms with E-state index in [9.17, 15) is 4.39 Å². The van der Waals surface area contributed by atoms with Crippen LogP contribution in [0, 0.1) is 0 Å². The number of nitrogens with zero attached hydrogens (tertiary/aromatic N) is 1. The minimum absolute atomic E-state index is 0.387. The van der Waals surface area contributed by atoms with E-state index in [0.29, 0.717) is 23.7 Å². The molecule has 2 rings (SSSR count). The number of nitrogens with one attached hydrogen (secondary N) is 1. The van der Waals surface area contributed by atoms with E-state index in [4.69, 9.17) is 4.74 Å². The van der Waals surface area contributed by atoms with Gasteiger partial charge in [0.15, 0.2) is 5.67 Å². The average Bonchev–Trinajstić information content (AvgIpc) is 2.67. The summed E-state index contributed by atoms with van der Waals surface area (Å²) in [7, 11) is 1.54. The molecule has 1 atom stereocenters. The van der Waals surface area contributed by atoms with Crippen molar-refractivity contribution in [3.63, 3.8) is 0 Å². The van der Waals surface area contributed by atoms with Gasteiger partial charge < -0.3 is 10.1 Å². The number of hydrogen-bond acceptors (Lipinski definition) is 4. The van der Waals surface area contributed by atoms with Crippen LogP contribution in [0.3, 0.4) is 0 Å². The Morgan fingerprint density at radius 1 is 1.71 bits per heavy atom. The molecule has 5 heteroatoms. The van der Waals surface area contributed by atoms with Gasteiger partial charge >= 0.3 is 0 Å². The summed E-state index contributed by atoms with van der Waals surface area (Å²) in [5.74, 6) is 0.507. The molecule has 1 unspecified atom stereocenters. The van der Waals surface area contributed by atoms with Crippen molar-refractivity contribution in [2.75, 3.05) is 20.2 Å². The van der Waals surface area contributed by atoms with Gasteiger partial charge in [0.25, 0.3) is 0 Å². The van der Waals surface area contributed by atoms with Gasteiger partial charge in [-0.1, -0.05) is 0 Å². The lowest BCUT2D eigenvalue weighted by atomic mass is 9.94. The molecule has 0 bridgehead atoms. The molecule has 1 fully saturated rings. The van der Waals surface area contributed by atoms with Gasteiger partial charge in [-0.25, -0.2) is 4.39 Å². The van der Waals surface area contributed by atoms with Gasteiger partial charge in [-0.2, -0.15) is 4.37 Å². The van der Waals surface area contributed by atoms with Crippen molar-refractivity contribution in [1.82, 2.24) is 9.69 Å². The number of halogens is 1. The first-order valence-electron chi connectivity index (χ1n) is 4.65. The van der Waals surface area contributed by atoms with E-state index in [1.807, 2.05) is 0 Å². The van der Waals surface area contributed by atoms with Gasteiger partial charge in [0, 0.05) is 12.6 Å². The maximum absolute atomic E-state index is 14.3. The van der Waals surface area contributed by atoms with E-state index in [0.717, 1.165) is 13.0 Å². The monoisotopic (exact) mass is 216 g/mol. The summed E-state index contributed by atoms with van der Waals surface area (Å²) in [6.07, 6.45) is 1.45. The fourth-order valence-corrected chi connectivity index (χ4v) is 2.45. The van der Waals surface area contributed by atoms with E-state index in [1.165, 1.54) is 11.5 Å². The molecule has 1 aromatic rings. The smallest absolute Gasteiger partial charge is 0.225 e. The molecule has 78 valence electrons. The molecule has 0 aliphatic carbocycles. The van der Waals surface area contributed by atoms with Gasteiger partial charge in [-0.15, -0.1) is 0 Å². The Morgan fingerprint density at radius 3 is 3.14 bits per heavy atom. The van der Waals surface area contributed by atoms with Crippen LogP contribution in [0.25, 0.3) is 0 Å². The van der Waals surface area contributed by atoms with Crippen LogP contribution in [0.5, 0.6) is 5.88 Å². The van der Waals surface area contributed by atoms with Gasteiger partial charge in [0.2, 0.25) is 5.88 Å². The van der Waals surface area contributed by atoms with E-state index < -0.39 is 5.67 Å². The summed E-state index contributed by atoms with van der Waals surface area (Å²) in [5, 5.41) is 3.06. The normalized spacial score (nSPS) is 27.6. The zero-order valence-electron chi connectivity index (χ0n) is 8.05. The zero-order chi connectivity index (χ0) is 10.0. The number of hydrogen-bond donors (Lipinski definition) is 1. The maximum atomic E-state index is 14.3. The third-order valence-electron chi connectivity index (χ3n) is 2.47. The lowest BCUT2D eigenvalue weighted by Gasteiger charge is -2.28. The third kappa shape index (κ3) is 1.74. The Hall–Kier alpha value is -0.680. The highest BCUT2D eigenvalue weighted by atomic mass is 32.1. The Labute approximate surface area is 86.4 Å². The summed E-state index contributed by atoms with van der Waals surface area (Å²) < 4.78 is 23.3. The lowest BCUT2D eigenvalue weighted by molar-refractivity contribution is 0.126. The van der Waals surface area contributed by atoms with Crippen molar-refractivity contribution >= 4 is 11.5 Å². The Kier molecular flexibility index (Phi) is 2.69. The predicted octanol–water partition coefficient (Wildman–Crippen LogP) is 1.70. The second-order valence-electron chi connectivity index (χ2n) is 3.48. The van der Waals surface area contributed by atoms with E-state index in [1.54, 1.807) is 13.2 Å². The van der Waals surface area contributed by atoms with Crippen molar-refractivity contribution in [3.05, 3.63) is 10.9 Å². The van der Waals surface area contributed by atoms with E-state index in [-0.39, 0.29) is 0 Å². The summed E-state index contributed by atoms with van der Waals surface area (Å²) >= 11 is 1.19. The Balaban J connectivity index is 2.19. The fourth-order valence-electron chi connectivity index (χ4n) is 1.65. The Bertz CT molecular complexity index is 310. The highest BCUT2D eigenvalue weighted by molar-refractivity contribution is 7.06. The fraction of sp³-hybridized carbons (Fsp3) is 0.667. The van der Waals surface area contributed by atoms with Crippen molar-refractivity contribution in [1.29, 1.82) is 0 Å². The third-order valence-corrected chi connectivity index (χ3v) is 3.42. The standard InChI is InChI=1S/C9H13FN2OS/c1-13-8-5-7(14-12-8)9(10)3-2-4-11-6-9/h5,11H,2-4,6H2,1H3. The van der Waals surface area contributed by atoms with E-state index >= 15 is 0 Å². The molecular formula is C9H13FN2OS. The second-order valence-corrected chi connectivity index (χ2v) is 4.28. The molecule has 0 aromatic carbocycles. The zero-order valence-corrected chi connectivity index (χ0v) is 8.86. The molecule has 1 aliphatic rings. The second kappa shape index (κ2) is 3.82. The van der Waals surface area contributed by atoms with Crippen molar-refractivity contribution in [2.45, 2.75) is 18.5 Å². The molecule has 0 radical (unpaired) electrons. The van der Waals surface area contributed by atoms with Crippen LogP contribution in [-0.4, -0.2) is 24.6 Å². The van der Waals surface area contributed by atoms with E-state index in [2.05, 4.69) is 9.69 Å². The highest BCUT2D eigenvalue weighted by Gasteiger charge is 2.35. The first-order chi connectivity index (χ1) is 6.74. The van der Waals surface area contributed by atoms with Gasteiger partial charge in [0.05, 0.1) is 12.0 Å². The molecule has 2 heterocycles. The maximum Gasteiger partial charge on any atom is 0.225 e. The average molecular weight is 216 g/mol. The number of ether oxygens (including phenoxy) is 1. The van der Waals surface area contributed by atoms with Gasteiger partial charge in [0.1, 0.15) is 0 Å². The minimum atomic E-state index is -1.24. The van der Waals surface area contributed by atoms with Crippen LogP contribution in [0.15, 0.2) is 6.07 Å². The number of aromatic nitrogens is 1. The molecule has 1 saturated heterocycles. The van der Waals surface area contributed by atoms with Crippen LogP contribution in [0.2, 0.25) is 0 Å². The number of rotatable bonds is 2. The van der Waals surface area contributed by atoms with Crippen molar-refractivity contribution < 1.29 is 9.13 Å². The SMILES string of the molecule is COc1cc(C2(F)CCCNC2)sn1. The molecule has 0 spiro atoms. The molecule has 3 nitrogen and oxygen atoms in total. The molecule has 1 N–H and O–H groups in total. The quantitative estimate of drug-likeness (QED) is 0.817. The van der Waals surface area contributed by atoms with Crippen molar-refractivity contribution in [2.24, 2.45) is 0 Å². The molecule has 14 heavy (non-hydrogen) atoms. The molecule has 1 aromatic heterocycles. The largest absolute Gasteiger partial charge is 0.480 e. The molecular weight excluding hydrogens is 203 g/mol. The molecule has 1 aliphatic heterocycles. The van der Waals surface area contributed by atoms with Crippen LogP contribution < -0.4 is 10.1 Å². The first kappa shape index (κ1) is 9.86. The summed E-state index contributed by atoms with van der Waals surface area (Å²) in [6.45, 7) is 1.29. The van der Waals surface area contributed by atoms with Crippen LogP contribution in [-0.2, 0) is 5.67 Å².